The lowest BCUT2D eigenvalue weighted by atomic mass is 9.81. The Kier molecular flexibility index (Phi) is 9.45. The largest absolute Gasteiger partial charge is 0.331 e. The van der Waals surface area contributed by atoms with Crippen LogP contribution in [0.4, 0.5) is 0 Å². The van der Waals surface area contributed by atoms with Crippen LogP contribution in [-0.2, 0) is 5.54 Å². The molecule has 0 saturated heterocycles. The molecular weight excluding hydrogens is 256 g/mol. The summed E-state index contributed by atoms with van der Waals surface area (Å²) in [5.74, 6) is 0. The summed E-state index contributed by atoms with van der Waals surface area (Å²) in [7, 11) is 0. The van der Waals surface area contributed by atoms with Crippen LogP contribution in [0, 0.1) is 0 Å². The molecule has 0 spiro atoms. The lowest BCUT2D eigenvalue weighted by Crippen LogP contribution is -2.33. The van der Waals surface area contributed by atoms with Crippen molar-refractivity contribution in [1.82, 2.24) is 9.55 Å². The van der Waals surface area contributed by atoms with Crippen molar-refractivity contribution in [3.8, 4) is 0 Å². The van der Waals surface area contributed by atoms with Crippen molar-refractivity contribution in [2.45, 2.75) is 103 Å². The van der Waals surface area contributed by atoms with Gasteiger partial charge in [-0.2, -0.15) is 0 Å². The minimum absolute atomic E-state index is 0.329. The van der Waals surface area contributed by atoms with Crippen LogP contribution in [0.2, 0.25) is 0 Å². The second-order valence-corrected chi connectivity index (χ2v) is 6.57. The first-order chi connectivity index (χ1) is 10.3. The van der Waals surface area contributed by atoms with Gasteiger partial charge in [-0.05, 0) is 19.3 Å². The highest BCUT2D eigenvalue weighted by Gasteiger charge is 2.30. The zero-order chi connectivity index (χ0) is 15.4. The summed E-state index contributed by atoms with van der Waals surface area (Å²) in [6.45, 7) is 6.90. The molecule has 0 amide bonds. The van der Waals surface area contributed by atoms with E-state index in [4.69, 9.17) is 0 Å². The van der Waals surface area contributed by atoms with E-state index in [0.29, 0.717) is 5.54 Å². The van der Waals surface area contributed by atoms with Crippen LogP contribution >= 0.6 is 0 Å². The highest BCUT2D eigenvalue weighted by Crippen LogP contribution is 2.35. The summed E-state index contributed by atoms with van der Waals surface area (Å²) < 4.78 is 2.44. The van der Waals surface area contributed by atoms with E-state index >= 15 is 0 Å². The molecule has 0 aliphatic rings. The van der Waals surface area contributed by atoms with Crippen LogP contribution in [0.15, 0.2) is 18.7 Å². The van der Waals surface area contributed by atoms with Crippen LogP contribution in [-0.4, -0.2) is 9.55 Å². The first kappa shape index (κ1) is 18.3. The fourth-order valence-corrected chi connectivity index (χ4v) is 3.41. The molecular formula is C19H36N2. The molecule has 2 heteroatoms. The van der Waals surface area contributed by atoms with Gasteiger partial charge >= 0.3 is 0 Å². The first-order valence-electron chi connectivity index (χ1n) is 9.27. The normalized spacial score (nSPS) is 12.0. The topological polar surface area (TPSA) is 17.8 Å². The van der Waals surface area contributed by atoms with E-state index in [9.17, 15) is 0 Å². The van der Waals surface area contributed by atoms with E-state index in [2.05, 4.69) is 42.8 Å². The zero-order valence-electron chi connectivity index (χ0n) is 14.6. The molecule has 0 radical (unpaired) electrons. The van der Waals surface area contributed by atoms with Crippen LogP contribution in [0.25, 0.3) is 0 Å². The summed E-state index contributed by atoms with van der Waals surface area (Å²) >= 11 is 0. The molecule has 2 nitrogen and oxygen atoms in total. The maximum Gasteiger partial charge on any atom is 0.0951 e. The molecule has 122 valence electrons. The predicted molar refractivity (Wildman–Crippen MR) is 92.6 cm³/mol. The van der Waals surface area contributed by atoms with Crippen LogP contribution in [0.1, 0.15) is 97.8 Å². The van der Waals surface area contributed by atoms with Gasteiger partial charge in [-0.25, -0.2) is 4.98 Å². The Morgan fingerprint density at radius 1 is 0.762 bits per heavy atom. The Bertz CT molecular complexity index is 303. The van der Waals surface area contributed by atoms with Gasteiger partial charge in [0.25, 0.3) is 0 Å². The van der Waals surface area contributed by atoms with E-state index in [1.165, 1.54) is 77.0 Å². The fraction of sp³-hybridized carbons (Fsp3) is 0.842. The Balaban J connectivity index is 2.78. The second-order valence-electron chi connectivity index (χ2n) is 6.57. The molecule has 1 aromatic rings. The summed E-state index contributed by atoms with van der Waals surface area (Å²) in [6.07, 6.45) is 22.3. The van der Waals surface area contributed by atoms with Crippen LogP contribution in [0.5, 0.6) is 0 Å². The molecule has 0 N–H and O–H groups in total. The van der Waals surface area contributed by atoms with Crippen molar-refractivity contribution in [2.75, 3.05) is 0 Å². The van der Waals surface area contributed by atoms with Gasteiger partial charge in [0.05, 0.1) is 6.33 Å². The van der Waals surface area contributed by atoms with Crippen molar-refractivity contribution in [2.24, 2.45) is 0 Å². The molecule has 1 heterocycles. The molecule has 0 unspecified atom stereocenters. The van der Waals surface area contributed by atoms with Crippen molar-refractivity contribution >= 4 is 0 Å². The van der Waals surface area contributed by atoms with Crippen molar-refractivity contribution in [3.63, 3.8) is 0 Å². The molecule has 0 fully saturated rings. The van der Waals surface area contributed by atoms with E-state index in [1.54, 1.807) is 0 Å². The minimum atomic E-state index is 0.329. The highest BCUT2D eigenvalue weighted by molar-refractivity contribution is 4.92. The Morgan fingerprint density at radius 2 is 1.24 bits per heavy atom. The maximum absolute atomic E-state index is 4.34. The molecule has 0 aliphatic carbocycles. The van der Waals surface area contributed by atoms with Crippen LogP contribution in [0.3, 0.4) is 0 Å². The number of rotatable bonds is 13. The first-order valence-corrected chi connectivity index (χ1v) is 9.27. The van der Waals surface area contributed by atoms with Crippen molar-refractivity contribution < 1.29 is 0 Å². The maximum atomic E-state index is 4.34. The SMILES string of the molecule is CCCCCC(CCCCC)(CCCCC)n1ccnc1. The van der Waals surface area contributed by atoms with Gasteiger partial charge in [0.2, 0.25) is 0 Å². The lowest BCUT2D eigenvalue weighted by Gasteiger charge is -2.36. The third kappa shape index (κ3) is 6.23. The number of unbranched alkanes of at least 4 members (excludes halogenated alkanes) is 6. The summed E-state index contributed by atoms with van der Waals surface area (Å²) in [6, 6.07) is 0. The van der Waals surface area contributed by atoms with Crippen molar-refractivity contribution in [1.29, 1.82) is 0 Å². The summed E-state index contributed by atoms with van der Waals surface area (Å²) in [5.41, 5.74) is 0.329. The third-order valence-corrected chi connectivity index (χ3v) is 4.79. The molecule has 0 atom stereocenters. The molecule has 1 aromatic heterocycles. The number of hydrogen-bond donors (Lipinski definition) is 0. The summed E-state index contributed by atoms with van der Waals surface area (Å²) in [4.78, 5) is 4.34. The van der Waals surface area contributed by atoms with Gasteiger partial charge in [-0.1, -0.05) is 78.6 Å². The van der Waals surface area contributed by atoms with Gasteiger partial charge in [0.1, 0.15) is 0 Å². The fourth-order valence-electron chi connectivity index (χ4n) is 3.41. The van der Waals surface area contributed by atoms with Gasteiger partial charge in [-0.15, -0.1) is 0 Å². The number of imidazole rings is 1. The molecule has 0 saturated carbocycles. The van der Waals surface area contributed by atoms with Gasteiger partial charge in [0, 0.05) is 17.9 Å². The highest BCUT2D eigenvalue weighted by atomic mass is 15.1. The van der Waals surface area contributed by atoms with Gasteiger partial charge < -0.3 is 4.57 Å². The molecule has 1 rings (SSSR count). The average Bonchev–Trinajstić information content (AvgIpc) is 3.02. The average molecular weight is 293 g/mol. The molecule has 0 aliphatic heterocycles. The Hall–Kier alpha value is -0.790. The van der Waals surface area contributed by atoms with E-state index in [-0.39, 0.29) is 0 Å². The third-order valence-electron chi connectivity index (χ3n) is 4.79. The quantitative estimate of drug-likeness (QED) is 0.389. The van der Waals surface area contributed by atoms with E-state index in [1.807, 2.05) is 6.20 Å². The monoisotopic (exact) mass is 292 g/mol. The summed E-state index contributed by atoms with van der Waals surface area (Å²) in [5, 5.41) is 0. The van der Waals surface area contributed by atoms with Crippen LogP contribution < -0.4 is 0 Å². The number of hydrogen-bond acceptors (Lipinski definition) is 1. The lowest BCUT2D eigenvalue weighted by molar-refractivity contribution is 0.199. The van der Waals surface area contributed by atoms with Gasteiger partial charge in [0.15, 0.2) is 0 Å². The molecule has 0 bridgehead atoms. The number of nitrogens with zero attached hydrogens (tertiary/aromatic N) is 2. The van der Waals surface area contributed by atoms with E-state index in [0.717, 1.165) is 0 Å². The van der Waals surface area contributed by atoms with Crippen molar-refractivity contribution in [3.05, 3.63) is 18.7 Å². The molecule has 21 heavy (non-hydrogen) atoms. The standard InChI is InChI=1S/C19H36N2/c1-4-7-10-13-19(14-11-8-5-2,15-12-9-6-3)21-17-16-20-18-21/h16-18H,4-15H2,1-3H3. The second kappa shape index (κ2) is 10.9. The van der Waals surface area contributed by atoms with Gasteiger partial charge in [-0.3, -0.25) is 0 Å². The Morgan fingerprint density at radius 3 is 1.57 bits per heavy atom. The predicted octanol–water partition coefficient (Wildman–Crippen LogP) is 6.32. The molecule has 0 aromatic carbocycles. The van der Waals surface area contributed by atoms with E-state index < -0.39 is 0 Å². The zero-order valence-corrected chi connectivity index (χ0v) is 14.6. The minimum Gasteiger partial charge on any atom is -0.331 e. The smallest absolute Gasteiger partial charge is 0.0951 e. The Labute approximate surface area is 132 Å². The number of aromatic nitrogens is 2.